The van der Waals surface area contributed by atoms with Gasteiger partial charge in [-0.1, -0.05) is 0 Å². The Balaban J connectivity index is 1.26. The Kier molecular flexibility index (Phi) is 7.45. The molecule has 12 heteroatoms. The summed E-state index contributed by atoms with van der Waals surface area (Å²) in [6.45, 7) is -0.224. The van der Waals surface area contributed by atoms with Gasteiger partial charge in [-0.3, -0.25) is 14.4 Å². The number of aliphatic hydroxyl groups is 1. The van der Waals surface area contributed by atoms with E-state index in [2.05, 4.69) is 16.1 Å². The van der Waals surface area contributed by atoms with Crippen molar-refractivity contribution >= 4 is 23.4 Å². The monoisotopic (exact) mass is 497 g/mol. The highest BCUT2D eigenvalue weighted by molar-refractivity contribution is 6.21. The molecule has 5 unspecified atom stereocenters. The van der Waals surface area contributed by atoms with Crippen LogP contribution >= 0.6 is 11.6 Å². The van der Waals surface area contributed by atoms with Gasteiger partial charge < -0.3 is 20.5 Å². The quantitative estimate of drug-likeness (QED) is 0.397. The van der Waals surface area contributed by atoms with Crippen LogP contribution in [0.3, 0.4) is 0 Å². The zero-order valence-electron chi connectivity index (χ0n) is 18.2. The third kappa shape index (κ3) is 5.42. The fourth-order valence-corrected chi connectivity index (χ4v) is 5.75. The van der Waals surface area contributed by atoms with Crippen LogP contribution in [0.15, 0.2) is 0 Å². The van der Waals surface area contributed by atoms with Crippen LogP contribution in [0.2, 0.25) is 0 Å². The Bertz CT molecular complexity index is 740. The Hall–Kier alpha value is -1.14. The first-order valence-corrected chi connectivity index (χ1v) is 12.0. The molecule has 2 bridgehead atoms. The number of rotatable bonds is 7. The molecule has 0 aromatic carbocycles. The van der Waals surface area contributed by atoms with E-state index in [9.17, 15) is 27.9 Å². The van der Waals surface area contributed by atoms with Gasteiger partial charge in [0.25, 0.3) is 12.3 Å². The number of carbonyl (C=O) groups excluding carboxylic acids is 2. The van der Waals surface area contributed by atoms with E-state index in [4.69, 9.17) is 21.2 Å². The third-order valence-corrected chi connectivity index (χ3v) is 8.11. The van der Waals surface area contributed by atoms with Gasteiger partial charge in [-0.2, -0.15) is 5.48 Å². The Morgan fingerprint density at radius 1 is 1.18 bits per heavy atom. The molecule has 0 aromatic heterocycles. The van der Waals surface area contributed by atoms with Crippen molar-refractivity contribution in [1.82, 2.24) is 16.1 Å². The minimum absolute atomic E-state index is 0.127. The number of halogens is 4. The van der Waals surface area contributed by atoms with Crippen LogP contribution in [0.1, 0.15) is 57.8 Å². The van der Waals surface area contributed by atoms with Crippen molar-refractivity contribution in [2.24, 2.45) is 0 Å². The van der Waals surface area contributed by atoms with Crippen LogP contribution < -0.4 is 16.1 Å². The molecule has 2 amide bonds. The predicted octanol–water partition coefficient (Wildman–Crippen LogP) is 1.48. The fraction of sp³-hybridized carbons (Fsp3) is 0.905. The second-order valence-corrected chi connectivity index (χ2v) is 10.4. The second-order valence-electron chi connectivity index (χ2n) is 9.87. The average molecular weight is 498 g/mol. The Morgan fingerprint density at radius 2 is 1.91 bits per heavy atom. The normalized spacial score (nSPS) is 43.0. The molecule has 0 radical (unpaired) electrons. The number of hydroxylamine groups is 1. The number of carbonyl (C=O) groups is 2. The van der Waals surface area contributed by atoms with E-state index in [0.29, 0.717) is 38.5 Å². The van der Waals surface area contributed by atoms with Crippen molar-refractivity contribution in [2.75, 3.05) is 6.61 Å². The lowest BCUT2D eigenvalue weighted by atomic mass is 9.60. The van der Waals surface area contributed by atoms with Crippen molar-refractivity contribution in [3.05, 3.63) is 0 Å². The molecule has 1 aliphatic heterocycles. The van der Waals surface area contributed by atoms with Gasteiger partial charge in [0.2, 0.25) is 5.91 Å². The molecule has 8 nitrogen and oxygen atoms in total. The molecule has 1 heterocycles. The lowest BCUT2D eigenvalue weighted by Crippen LogP contribution is -2.70. The maximum absolute atomic E-state index is 13.8. The van der Waals surface area contributed by atoms with Crippen LogP contribution in [-0.2, 0) is 19.2 Å². The molecule has 4 aliphatic carbocycles. The number of fused-ring (bicyclic) bond motifs is 3. The number of amides is 2. The lowest BCUT2D eigenvalue weighted by Gasteiger charge is -2.56. The molecule has 0 spiro atoms. The summed E-state index contributed by atoms with van der Waals surface area (Å²) in [7, 11) is 0. The summed E-state index contributed by atoms with van der Waals surface area (Å²) in [5, 5.41) is 16.1. The van der Waals surface area contributed by atoms with Crippen LogP contribution in [0.5, 0.6) is 0 Å². The summed E-state index contributed by atoms with van der Waals surface area (Å²) in [4.78, 5) is 30.1. The molecule has 6 atom stereocenters. The van der Waals surface area contributed by atoms with Crippen molar-refractivity contribution in [2.45, 2.75) is 111 Å². The van der Waals surface area contributed by atoms with Crippen molar-refractivity contribution in [1.29, 1.82) is 0 Å². The maximum atomic E-state index is 13.8. The van der Waals surface area contributed by atoms with Crippen molar-refractivity contribution in [3.63, 3.8) is 0 Å². The topological polar surface area (TPSA) is 109 Å². The maximum Gasteiger partial charge on any atom is 0.256 e. The first-order valence-electron chi connectivity index (χ1n) is 11.5. The average Bonchev–Trinajstić information content (AvgIpc) is 3.27. The van der Waals surface area contributed by atoms with Crippen LogP contribution in [0.25, 0.3) is 0 Å². The summed E-state index contributed by atoms with van der Waals surface area (Å²) in [6, 6.07) is -1.19. The van der Waals surface area contributed by atoms with Gasteiger partial charge in [-0.25, -0.2) is 13.2 Å². The number of hydrogen-bond acceptors (Lipinski definition) is 6. The van der Waals surface area contributed by atoms with Crippen LogP contribution in [0, 0.1) is 0 Å². The molecule has 188 valence electrons. The summed E-state index contributed by atoms with van der Waals surface area (Å²) in [6.07, 6.45) is -2.73. The van der Waals surface area contributed by atoms with Gasteiger partial charge in [0.15, 0.2) is 6.10 Å². The molecule has 5 rings (SSSR count). The van der Waals surface area contributed by atoms with E-state index in [1.54, 1.807) is 0 Å². The highest BCUT2D eigenvalue weighted by atomic mass is 35.5. The first kappa shape index (κ1) is 25.0. The summed E-state index contributed by atoms with van der Waals surface area (Å²) >= 11 is 5.88. The molecule has 1 saturated heterocycles. The molecule has 0 aromatic rings. The third-order valence-electron chi connectivity index (χ3n) is 7.62. The van der Waals surface area contributed by atoms with E-state index < -0.39 is 53.2 Å². The molecule has 4 N–H and O–H groups in total. The summed E-state index contributed by atoms with van der Waals surface area (Å²) in [5.41, 5.74) is 0.720. The van der Waals surface area contributed by atoms with Gasteiger partial charge in [-0.05, 0) is 44.9 Å². The van der Waals surface area contributed by atoms with E-state index in [-0.39, 0.29) is 37.9 Å². The zero-order chi connectivity index (χ0) is 23.8. The van der Waals surface area contributed by atoms with Gasteiger partial charge in [0.1, 0.15) is 12.8 Å². The minimum atomic E-state index is -2.63. The number of alkyl halides is 4. The summed E-state index contributed by atoms with van der Waals surface area (Å²) in [5.74, 6) is -0.859. The van der Waals surface area contributed by atoms with Crippen molar-refractivity contribution < 1.29 is 37.4 Å². The zero-order valence-corrected chi connectivity index (χ0v) is 19.0. The van der Waals surface area contributed by atoms with Gasteiger partial charge >= 0.3 is 0 Å². The summed E-state index contributed by atoms with van der Waals surface area (Å²) < 4.78 is 44.9. The van der Waals surface area contributed by atoms with E-state index in [1.807, 2.05) is 0 Å². The lowest BCUT2D eigenvalue weighted by molar-refractivity contribution is -0.144. The van der Waals surface area contributed by atoms with Gasteiger partial charge in [0.05, 0.1) is 29.2 Å². The second kappa shape index (κ2) is 9.85. The molecular weight excluding hydrogens is 467 g/mol. The van der Waals surface area contributed by atoms with Crippen LogP contribution in [-0.4, -0.2) is 76.9 Å². The van der Waals surface area contributed by atoms with Crippen molar-refractivity contribution in [3.8, 4) is 0 Å². The minimum Gasteiger partial charge on any atom is -0.391 e. The highest BCUT2D eigenvalue weighted by Gasteiger charge is 2.56. The number of nitrogens with one attached hydrogen (secondary N) is 3. The first-order chi connectivity index (χ1) is 15.6. The molecule has 4 saturated carbocycles. The molecule has 33 heavy (non-hydrogen) atoms. The molecule has 5 fully saturated rings. The Morgan fingerprint density at radius 3 is 2.52 bits per heavy atom. The Labute approximate surface area is 195 Å². The molecular formula is C21H31ClF3N3O5. The number of aliphatic hydroxyl groups excluding tert-OH is 1. The van der Waals surface area contributed by atoms with Gasteiger partial charge in [-0.15, -0.1) is 11.6 Å². The van der Waals surface area contributed by atoms with Gasteiger partial charge in [0, 0.05) is 18.4 Å². The van der Waals surface area contributed by atoms with E-state index >= 15 is 0 Å². The standard InChI is InChI=1S/C21H31ClF3N3O5/c22-12-2-1-11(7-13(12)23)32-10-17(30)26-21-5-3-20(4-6-21,9-16(21)29)27-19(31)15-8-14(18(24)25)28-33-15/h11-16,18,28-29H,1-10H2,(H,26,30)(H,27,31)/t11?,12?,13?,14?,15?,16-,20?,21?/m0/s1. The fourth-order valence-electron chi connectivity index (χ4n) is 5.52. The largest absolute Gasteiger partial charge is 0.391 e. The van der Waals surface area contributed by atoms with E-state index in [1.165, 1.54) is 0 Å². The predicted molar refractivity (Wildman–Crippen MR) is 111 cm³/mol. The highest BCUT2D eigenvalue weighted by Crippen LogP contribution is 2.47. The molecule has 5 aliphatic rings. The number of hydrogen-bond donors (Lipinski definition) is 4. The van der Waals surface area contributed by atoms with Crippen LogP contribution in [0.4, 0.5) is 13.2 Å². The van der Waals surface area contributed by atoms with E-state index in [0.717, 1.165) is 0 Å². The SMILES string of the molecule is O=C(COC1CCC(Cl)C(F)C1)NC12CCC(NC(=O)C3CC(C(F)F)NO3)(CC1)C[C@@H]2O. The smallest absolute Gasteiger partial charge is 0.256 e. The number of ether oxygens (including phenoxy) is 1.